The number of sulfone groups is 1. The summed E-state index contributed by atoms with van der Waals surface area (Å²) in [7, 11) is -3.09. The van der Waals surface area contributed by atoms with Crippen LogP contribution in [0.5, 0.6) is 0 Å². The van der Waals surface area contributed by atoms with Gasteiger partial charge in [-0.3, -0.25) is 4.79 Å². The summed E-state index contributed by atoms with van der Waals surface area (Å²) in [5.74, 6) is -0.467. The molecule has 8 heteroatoms. The number of amidine groups is 1. The summed E-state index contributed by atoms with van der Waals surface area (Å²) in [5, 5.41) is 0.373. The standard InChI is InChI=1S/C15H17FN2O3S2/c1-2-3-14(19)17-15-18(11-6-4-10(16)5-7-11)12-8-23(20,21)9-13(12)22-15/h4-7,12-13H,2-3,8-9H2,1H3/t12-,13+/m1/s1. The molecule has 5 nitrogen and oxygen atoms in total. The number of halogens is 1. The number of aliphatic imine (C=N–C) groups is 1. The number of carbonyl (C=O) groups is 1. The van der Waals surface area contributed by atoms with Gasteiger partial charge >= 0.3 is 0 Å². The molecule has 0 bridgehead atoms. The van der Waals surface area contributed by atoms with Crippen LogP contribution in [0.25, 0.3) is 0 Å². The molecule has 1 aromatic carbocycles. The van der Waals surface area contributed by atoms with Gasteiger partial charge in [-0.2, -0.15) is 4.99 Å². The highest BCUT2D eigenvalue weighted by Crippen LogP contribution is 2.40. The summed E-state index contributed by atoms with van der Waals surface area (Å²) < 4.78 is 37.0. The monoisotopic (exact) mass is 356 g/mol. The molecule has 0 saturated carbocycles. The van der Waals surface area contributed by atoms with Crippen molar-refractivity contribution in [1.82, 2.24) is 0 Å². The molecule has 0 unspecified atom stereocenters. The van der Waals surface area contributed by atoms with E-state index in [1.54, 1.807) is 17.0 Å². The van der Waals surface area contributed by atoms with Gasteiger partial charge in [-0.25, -0.2) is 12.8 Å². The molecule has 0 aromatic heterocycles. The molecule has 2 heterocycles. The smallest absolute Gasteiger partial charge is 0.248 e. The molecule has 1 aromatic rings. The molecule has 2 fully saturated rings. The highest BCUT2D eigenvalue weighted by atomic mass is 32.2. The Labute approximate surface area is 138 Å². The van der Waals surface area contributed by atoms with Gasteiger partial charge in [-0.05, 0) is 30.7 Å². The van der Waals surface area contributed by atoms with Crippen LogP contribution in [-0.4, -0.2) is 42.3 Å². The summed E-state index contributed by atoms with van der Waals surface area (Å²) in [6, 6.07) is 5.56. The molecule has 23 heavy (non-hydrogen) atoms. The second-order valence-corrected chi connectivity index (χ2v) is 9.05. The molecular formula is C15H17FN2O3S2. The Morgan fingerprint density at radius 2 is 2.04 bits per heavy atom. The Bertz CT molecular complexity index is 746. The zero-order valence-electron chi connectivity index (χ0n) is 12.6. The van der Waals surface area contributed by atoms with Crippen LogP contribution in [0.1, 0.15) is 19.8 Å². The lowest BCUT2D eigenvalue weighted by atomic mass is 10.2. The Kier molecular flexibility index (Phi) is 4.46. The van der Waals surface area contributed by atoms with Crippen molar-refractivity contribution < 1.29 is 17.6 Å². The molecule has 0 N–H and O–H groups in total. The normalized spacial score (nSPS) is 27.4. The van der Waals surface area contributed by atoms with E-state index >= 15 is 0 Å². The van der Waals surface area contributed by atoms with E-state index in [0.29, 0.717) is 23.7 Å². The van der Waals surface area contributed by atoms with Crippen LogP contribution >= 0.6 is 11.8 Å². The third-order valence-corrected chi connectivity index (χ3v) is 7.07. The van der Waals surface area contributed by atoms with E-state index in [1.165, 1.54) is 23.9 Å². The molecular weight excluding hydrogens is 339 g/mol. The van der Waals surface area contributed by atoms with E-state index in [1.807, 2.05) is 6.92 Å². The average molecular weight is 356 g/mol. The van der Waals surface area contributed by atoms with Crippen molar-refractivity contribution in [1.29, 1.82) is 0 Å². The first-order chi connectivity index (χ1) is 10.9. The van der Waals surface area contributed by atoms with Gasteiger partial charge < -0.3 is 4.90 Å². The van der Waals surface area contributed by atoms with E-state index in [-0.39, 0.29) is 34.5 Å². The average Bonchev–Trinajstić information content (AvgIpc) is 2.91. The summed E-state index contributed by atoms with van der Waals surface area (Å²) in [6.45, 7) is 1.90. The molecule has 0 spiro atoms. The minimum Gasteiger partial charge on any atom is -0.316 e. The van der Waals surface area contributed by atoms with Crippen molar-refractivity contribution in [2.75, 3.05) is 16.4 Å². The number of hydrogen-bond acceptors (Lipinski definition) is 4. The Balaban J connectivity index is 1.97. The lowest BCUT2D eigenvalue weighted by Crippen LogP contribution is -2.37. The topological polar surface area (TPSA) is 66.8 Å². The lowest BCUT2D eigenvalue weighted by Gasteiger charge is -2.24. The molecule has 2 aliphatic rings. The van der Waals surface area contributed by atoms with Crippen molar-refractivity contribution in [3.63, 3.8) is 0 Å². The van der Waals surface area contributed by atoms with Crippen molar-refractivity contribution in [3.05, 3.63) is 30.1 Å². The van der Waals surface area contributed by atoms with E-state index < -0.39 is 9.84 Å². The third-order valence-electron chi connectivity index (χ3n) is 3.86. The summed E-state index contributed by atoms with van der Waals surface area (Å²) in [5.41, 5.74) is 0.659. The van der Waals surface area contributed by atoms with Gasteiger partial charge in [0, 0.05) is 17.4 Å². The van der Waals surface area contributed by atoms with Crippen LogP contribution in [0.15, 0.2) is 29.3 Å². The fourth-order valence-corrected chi connectivity index (χ4v) is 6.78. The minimum absolute atomic E-state index is 0.0308. The number of rotatable bonds is 3. The van der Waals surface area contributed by atoms with Crippen LogP contribution in [0.2, 0.25) is 0 Å². The number of benzene rings is 1. The number of amides is 1. The zero-order valence-corrected chi connectivity index (χ0v) is 14.2. The first kappa shape index (κ1) is 16.4. The van der Waals surface area contributed by atoms with E-state index in [9.17, 15) is 17.6 Å². The molecule has 124 valence electrons. The van der Waals surface area contributed by atoms with Crippen LogP contribution in [0, 0.1) is 5.82 Å². The van der Waals surface area contributed by atoms with Gasteiger partial charge in [-0.15, -0.1) is 0 Å². The first-order valence-electron chi connectivity index (χ1n) is 7.43. The maximum Gasteiger partial charge on any atom is 0.248 e. The maximum atomic E-state index is 13.2. The van der Waals surface area contributed by atoms with Gasteiger partial charge in [0.05, 0.1) is 17.5 Å². The van der Waals surface area contributed by atoms with Crippen molar-refractivity contribution in [2.24, 2.45) is 4.99 Å². The Hall–Kier alpha value is -1.41. The SMILES string of the molecule is CCCC(=O)N=C1S[C@H]2CS(=O)(=O)C[C@H]2N1c1ccc(F)cc1. The summed E-state index contributed by atoms with van der Waals surface area (Å²) >= 11 is 1.33. The molecule has 2 atom stereocenters. The van der Waals surface area contributed by atoms with Crippen LogP contribution < -0.4 is 4.90 Å². The Morgan fingerprint density at radius 3 is 2.70 bits per heavy atom. The van der Waals surface area contributed by atoms with Crippen molar-refractivity contribution in [2.45, 2.75) is 31.1 Å². The van der Waals surface area contributed by atoms with Crippen LogP contribution in [-0.2, 0) is 14.6 Å². The first-order valence-corrected chi connectivity index (χ1v) is 10.1. The van der Waals surface area contributed by atoms with Gasteiger partial charge in [0.25, 0.3) is 0 Å². The number of carbonyl (C=O) groups excluding carboxylic acids is 1. The molecule has 2 aliphatic heterocycles. The van der Waals surface area contributed by atoms with Crippen molar-refractivity contribution in [3.8, 4) is 0 Å². The molecule has 1 amide bonds. The van der Waals surface area contributed by atoms with Gasteiger partial charge in [0.1, 0.15) is 5.82 Å². The minimum atomic E-state index is -3.09. The number of anilines is 1. The summed E-state index contributed by atoms with van der Waals surface area (Å²) in [6.07, 6.45) is 1.06. The summed E-state index contributed by atoms with van der Waals surface area (Å²) in [4.78, 5) is 17.8. The lowest BCUT2D eigenvalue weighted by molar-refractivity contribution is -0.117. The van der Waals surface area contributed by atoms with Gasteiger partial charge in [-0.1, -0.05) is 18.7 Å². The fourth-order valence-electron chi connectivity index (χ4n) is 2.84. The quantitative estimate of drug-likeness (QED) is 0.831. The third kappa shape index (κ3) is 3.42. The van der Waals surface area contributed by atoms with Gasteiger partial charge in [0.2, 0.25) is 5.91 Å². The van der Waals surface area contributed by atoms with E-state index in [2.05, 4.69) is 4.99 Å². The fraction of sp³-hybridized carbons (Fsp3) is 0.467. The predicted molar refractivity (Wildman–Crippen MR) is 90.0 cm³/mol. The molecule has 0 radical (unpaired) electrons. The second-order valence-electron chi connectivity index (χ2n) is 5.69. The zero-order chi connectivity index (χ0) is 16.6. The Morgan fingerprint density at radius 1 is 1.35 bits per heavy atom. The second kappa shape index (κ2) is 6.24. The predicted octanol–water partition coefficient (Wildman–Crippen LogP) is 2.23. The van der Waals surface area contributed by atoms with Crippen molar-refractivity contribution >= 4 is 38.4 Å². The highest BCUT2D eigenvalue weighted by molar-refractivity contribution is 8.16. The van der Waals surface area contributed by atoms with Crippen LogP contribution in [0.3, 0.4) is 0 Å². The number of nitrogens with zero attached hydrogens (tertiary/aromatic N) is 2. The largest absolute Gasteiger partial charge is 0.316 e. The van der Waals surface area contributed by atoms with Crippen LogP contribution in [0.4, 0.5) is 10.1 Å². The number of hydrogen-bond donors (Lipinski definition) is 0. The number of fused-ring (bicyclic) bond motifs is 1. The molecule has 2 saturated heterocycles. The van der Waals surface area contributed by atoms with Gasteiger partial charge in [0.15, 0.2) is 15.0 Å². The highest BCUT2D eigenvalue weighted by Gasteiger charge is 2.49. The number of thioether (sulfide) groups is 1. The van der Waals surface area contributed by atoms with E-state index in [0.717, 1.165) is 0 Å². The molecule has 0 aliphatic carbocycles. The maximum absolute atomic E-state index is 13.2. The van der Waals surface area contributed by atoms with E-state index in [4.69, 9.17) is 0 Å². The molecule has 3 rings (SSSR count).